The lowest BCUT2D eigenvalue weighted by Gasteiger charge is -2.25. The average molecular weight is 333 g/mol. The Bertz CT molecular complexity index is 553. The fourth-order valence-electron chi connectivity index (χ4n) is 2.56. The Balaban J connectivity index is 2.21. The number of ether oxygens (including phenoxy) is 1. The second-order valence-electron chi connectivity index (χ2n) is 5.25. The van der Waals surface area contributed by atoms with E-state index in [-0.39, 0.29) is 30.4 Å². The van der Waals surface area contributed by atoms with E-state index in [1.807, 2.05) is 13.8 Å². The molecule has 1 saturated heterocycles. The summed E-state index contributed by atoms with van der Waals surface area (Å²) in [6.45, 7) is 4.40. The molecule has 5 nitrogen and oxygen atoms in total. The lowest BCUT2D eigenvalue weighted by molar-refractivity contribution is 0.133. The lowest BCUT2D eigenvalue weighted by Crippen LogP contribution is -2.39. The molecule has 7 heteroatoms. The van der Waals surface area contributed by atoms with E-state index in [1.54, 1.807) is 4.90 Å². The molecule has 1 fully saturated rings. The first-order chi connectivity index (χ1) is 9.86. The number of nitrogens with two attached hydrogens (primary N) is 1. The molecule has 0 bridgehead atoms. The first kappa shape index (κ1) is 16.2. The number of halogens is 2. The summed E-state index contributed by atoms with van der Waals surface area (Å²) in [6.07, 6.45) is -0.712. The van der Waals surface area contributed by atoms with E-state index in [0.717, 1.165) is 0 Å². The Kier molecular flexibility index (Phi) is 4.86. The maximum absolute atomic E-state index is 11.9. The Morgan fingerprint density at radius 3 is 2.71 bits per heavy atom. The third kappa shape index (κ3) is 3.05. The largest absolute Gasteiger partial charge is 0.508 e. The van der Waals surface area contributed by atoms with Crippen LogP contribution in [0, 0.1) is 0 Å². The fraction of sp³-hybridized carbons (Fsp3) is 0.500. The molecule has 116 valence electrons. The quantitative estimate of drug-likeness (QED) is 0.888. The number of phenolic OH excluding ortho intramolecular Hbond substituents is 1. The van der Waals surface area contributed by atoms with Crippen LogP contribution in [0.2, 0.25) is 10.0 Å². The maximum atomic E-state index is 11.9. The van der Waals surface area contributed by atoms with Gasteiger partial charge in [0.15, 0.2) is 0 Å². The van der Waals surface area contributed by atoms with E-state index in [4.69, 9.17) is 33.7 Å². The van der Waals surface area contributed by atoms with Crippen LogP contribution >= 0.6 is 23.2 Å². The summed E-state index contributed by atoms with van der Waals surface area (Å²) in [5.74, 6) is -0.129. The predicted molar refractivity (Wildman–Crippen MR) is 82.0 cm³/mol. The van der Waals surface area contributed by atoms with Crippen LogP contribution in [-0.4, -0.2) is 41.3 Å². The van der Waals surface area contributed by atoms with E-state index >= 15 is 0 Å². The van der Waals surface area contributed by atoms with Crippen molar-refractivity contribution in [2.75, 3.05) is 13.1 Å². The summed E-state index contributed by atoms with van der Waals surface area (Å²) in [6, 6.07) is 2.91. The number of hydrogen-bond donors (Lipinski definition) is 2. The molecule has 1 amide bonds. The van der Waals surface area contributed by atoms with E-state index in [1.165, 1.54) is 12.1 Å². The van der Waals surface area contributed by atoms with Crippen molar-refractivity contribution >= 4 is 29.3 Å². The monoisotopic (exact) mass is 332 g/mol. The summed E-state index contributed by atoms with van der Waals surface area (Å²) < 4.78 is 5.20. The summed E-state index contributed by atoms with van der Waals surface area (Å²) >= 11 is 12.1. The SMILES string of the molecule is C[C@@H](CN1C(=O)O[C@@H](CN)[C@@H]1C)c1c(O)ccc(Cl)c1Cl. The Labute approximate surface area is 133 Å². The van der Waals surface area contributed by atoms with Gasteiger partial charge in [-0.1, -0.05) is 30.1 Å². The van der Waals surface area contributed by atoms with Crippen molar-refractivity contribution in [1.82, 2.24) is 4.90 Å². The van der Waals surface area contributed by atoms with Crippen LogP contribution in [-0.2, 0) is 4.74 Å². The number of rotatable bonds is 4. The zero-order valence-corrected chi connectivity index (χ0v) is 13.4. The highest BCUT2D eigenvalue weighted by molar-refractivity contribution is 6.42. The molecule has 0 aliphatic carbocycles. The fourth-order valence-corrected chi connectivity index (χ4v) is 3.07. The summed E-state index contributed by atoms with van der Waals surface area (Å²) in [5.41, 5.74) is 6.10. The van der Waals surface area contributed by atoms with Crippen LogP contribution in [0.3, 0.4) is 0 Å². The molecule has 0 spiro atoms. The number of benzene rings is 1. The smallest absolute Gasteiger partial charge is 0.410 e. The van der Waals surface area contributed by atoms with Crippen molar-refractivity contribution in [3.8, 4) is 5.75 Å². The van der Waals surface area contributed by atoms with Gasteiger partial charge in [-0.15, -0.1) is 0 Å². The van der Waals surface area contributed by atoms with Crippen LogP contribution in [0.1, 0.15) is 25.3 Å². The molecule has 1 aliphatic rings. The average Bonchev–Trinajstić information content (AvgIpc) is 2.71. The van der Waals surface area contributed by atoms with Crippen LogP contribution in [0.5, 0.6) is 5.75 Å². The second kappa shape index (κ2) is 6.30. The molecule has 1 aromatic rings. The Morgan fingerprint density at radius 2 is 2.14 bits per heavy atom. The number of carbonyl (C=O) groups excluding carboxylic acids is 1. The summed E-state index contributed by atoms with van der Waals surface area (Å²) in [5, 5.41) is 10.7. The normalized spacial score (nSPS) is 23.3. The summed E-state index contributed by atoms with van der Waals surface area (Å²) in [4.78, 5) is 13.5. The molecule has 1 aliphatic heterocycles. The molecule has 21 heavy (non-hydrogen) atoms. The molecule has 1 aromatic carbocycles. The highest BCUT2D eigenvalue weighted by Gasteiger charge is 2.38. The standard InChI is InChI=1S/C14H18Cl2N2O3/c1-7(12-10(19)4-3-9(15)13(12)16)6-18-8(2)11(5-17)21-14(18)20/h3-4,7-8,11,19H,5-6,17H2,1-2H3/t7-,8-,11-/m0/s1. The number of phenols is 1. The second-order valence-corrected chi connectivity index (χ2v) is 6.03. The van der Waals surface area contributed by atoms with Gasteiger partial charge in [-0.25, -0.2) is 4.79 Å². The molecule has 1 heterocycles. The minimum absolute atomic E-state index is 0.0625. The van der Waals surface area contributed by atoms with Gasteiger partial charge in [-0.2, -0.15) is 0 Å². The Morgan fingerprint density at radius 1 is 1.48 bits per heavy atom. The molecule has 3 atom stereocenters. The van der Waals surface area contributed by atoms with Gasteiger partial charge in [-0.3, -0.25) is 0 Å². The minimum atomic E-state index is -0.401. The Hall–Kier alpha value is -1.17. The minimum Gasteiger partial charge on any atom is -0.508 e. The highest BCUT2D eigenvalue weighted by atomic mass is 35.5. The molecule has 0 aromatic heterocycles. The number of carbonyl (C=O) groups is 1. The number of amides is 1. The molecule has 2 rings (SSSR count). The molecule has 3 N–H and O–H groups in total. The lowest BCUT2D eigenvalue weighted by atomic mass is 9.98. The maximum Gasteiger partial charge on any atom is 0.410 e. The van der Waals surface area contributed by atoms with E-state index < -0.39 is 6.09 Å². The van der Waals surface area contributed by atoms with Crippen molar-refractivity contribution in [2.45, 2.75) is 31.9 Å². The van der Waals surface area contributed by atoms with E-state index in [9.17, 15) is 9.90 Å². The van der Waals surface area contributed by atoms with Crippen LogP contribution < -0.4 is 5.73 Å². The van der Waals surface area contributed by atoms with E-state index in [0.29, 0.717) is 22.2 Å². The number of nitrogens with zero attached hydrogens (tertiary/aromatic N) is 1. The molecule has 0 radical (unpaired) electrons. The van der Waals surface area contributed by atoms with Gasteiger partial charge < -0.3 is 20.5 Å². The van der Waals surface area contributed by atoms with Gasteiger partial charge in [0.25, 0.3) is 0 Å². The van der Waals surface area contributed by atoms with Crippen molar-refractivity contribution in [3.63, 3.8) is 0 Å². The zero-order chi connectivity index (χ0) is 15.7. The number of aromatic hydroxyl groups is 1. The first-order valence-corrected chi connectivity index (χ1v) is 7.46. The predicted octanol–water partition coefficient (Wildman–Crippen LogP) is 2.97. The van der Waals surface area contributed by atoms with Crippen molar-refractivity contribution in [2.24, 2.45) is 5.73 Å². The van der Waals surface area contributed by atoms with Gasteiger partial charge in [-0.05, 0) is 19.1 Å². The summed E-state index contributed by atoms with van der Waals surface area (Å²) in [7, 11) is 0. The van der Waals surface area contributed by atoms with Crippen LogP contribution in [0.4, 0.5) is 4.79 Å². The van der Waals surface area contributed by atoms with Gasteiger partial charge in [0.2, 0.25) is 0 Å². The number of hydrogen-bond acceptors (Lipinski definition) is 4. The van der Waals surface area contributed by atoms with Crippen molar-refractivity contribution in [1.29, 1.82) is 0 Å². The van der Waals surface area contributed by atoms with Gasteiger partial charge >= 0.3 is 6.09 Å². The molecular weight excluding hydrogens is 315 g/mol. The van der Waals surface area contributed by atoms with Gasteiger partial charge in [0.05, 0.1) is 16.1 Å². The molecule has 0 unspecified atom stereocenters. The third-order valence-corrected chi connectivity index (χ3v) is 4.64. The van der Waals surface area contributed by atoms with Crippen molar-refractivity contribution in [3.05, 3.63) is 27.7 Å². The van der Waals surface area contributed by atoms with Crippen molar-refractivity contribution < 1.29 is 14.6 Å². The zero-order valence-electron chi connectivity index (χ0n) is 11.8. The first-order valence-electron chi connectivity index (χ1n) is 6.71. The number of cyclic esters (lactones) is 1. The highest BCUT2D eigenvalue weighted by Crippen LogP contribution is 2.38. The topological polar surface area (TPSA) is 75.8 Å². The third-order valence-electron chi connectivity index (χ3n) is 3.82. The van der Waals surface area contributed by atoms with Gasteiger partial charge in [0, 0.05) is 24.6 Å². The van der Waals surface area contributed by atoms with E-state index in [2.05, 4.69) is 0 Å². The van der Waals surface area contributed by atoms with Crippen LogP contribution in [0.15, 0.2) is 12.1 Å². The van der Waals surface area contributed by atoms with Gasteiger partial charge in [0.1, 0.15) is 11.9 Å². The van der Waals surface area contributed by atoms with Crippen LogP contribution in [0.25, 0.3) is 0 Å². The molecular formula is C14H18Cl2N2O3. The molecule has 0 saturated carbocycles.